The van der Waals surface area contributed by atoms with Crippen molar-refractivity contribution in [3.8, 4) is 0 Å². The molecular formula is C15H25N5O2. The molecule has 7 heteroatoms. The maximum absolute atomic E-state index is 12.6. The first-order valence-corrected chi connectivity index (χ1v) is 8.26. The molecule has 0 spiro atoms. The summed E-state index contributed by atoms with van der Waals surface area (Å²) in [6.45, 7) is 4.88. The standard InChI is InChI=1S/C15H25N5O2/c16-13(21)11-1-7-19(8-2-11)14(22)12-3-9-20(10-4-12)15-17-5-6-18-15/h11-12H,1-10H2,(H2,16,21)(H,17,18). The Kier molecular flexibility index (Phi) is 4.49. The van der Waals surface area contributed by atoms with Gasteiger partial charge in [0.25, 0.3) is 0 Å². The van der Waals surface area contributed by atoms with Gasteiger partial charge in [0.2, 0.25) is 11.8 Å². The normalized spacial score (nSPS) is 24.1. The predicted molar refractivity (Wildman–Crippen MR) is 83.1 cm³/mol. The van der Waals surface area contributed by atoms with Gasteiger partial charge in [0.1, 0.15) is 0 Å². The fourth-order valence-electron chi connectivity index (χ4n) is 3.58. The topological polar surface area (TPSA) is 91.0 Å². The molecule has 22 heavy (non-hydrogen) atoms. The molecular weight excluding hydrogens is 282 g/mol. The number of carbonyl (C=O) groups is 2. The number of guanidine groups is 1. The van der Waals surface area contributed by atoms with Crippen LogP contribution in [0.15, 0.2) is 4.99 Å². The molecule has 122 valence electrons. The minimum atomic E-state index is -0.231. The maximum atomic E-state index is 12.6. The lowest BCUT2D eigenvalue weighted by molar-refractivity contribution is -0.139. The molecule has 3 aliphatic rings. The zero-order chi connectivity index (χ0) is 15.5. The van der Waals surface area contributed by atoms with Crippen LogP contribution in [-0.2, 0) is 9.59 Å². The molecule has 0 aromatic carbocycles. The number of rotatable bonds is 2. The SMILES string of the molecule is NC(=O)C1CCN(C(=O)C2CCN(C3=NCCN3)CC2)CC1. The van der Waals surface area contributed by atoms with E-state index >= 15 is 0 Å². The summed E-state index contributed by atoms with van der Waals surface area (Å²) >= 11 is 0. The van der Waals surface area contributed by atoms with Gasteiger partial charge in [-0.15, -0.1) is 0 Å². The van der Waals surface area contributed by atoms with Gasteiger partial charge in [-0.05, 0) is 25.7 Å². The number of amides is 2. The first-order chi connectivity index (χ1) is 10.6. The summed E-state index contributed by atoms with van der Waals surface area (Å²) in [5.74, 6) is 1.07. The second kappa shape index (κ2) is 6.54. The maximum Gasteiger partial charge on any atom is 0.225 e. The number of primary amides is 1. The molecule has 0 radical (unpaired) electrons. The Hall–Kier alpha value is -1.79. The van der Waals surface area contributed by atoms with Gasteiger partial charge in [-0.3, -0.25) is 14.6 Å². The largest absolute Gasteiger partial charge is 0.369 e. The number of nitrogens with zero attached hydrogens (tertiary/aromatic N) is 3. The third-order valence-corrected chi connectivity index (χ3v) is 5.01. The van der Waals surface area contributed by atoms with E-state index in [0.29, 0.717) is 25.9 Å². The Labute approximate surface area is 130 Å². The van der Waals surface area contributed by atoms with Gasteiger partial charge < -0.3 is 20.9 Å². The van der Waals surface area contributed by atoms with E-state index in [1.807, 2.05) is 4.90 Å². The van der Waals surface area contributed by atoms with Crippen LogP contribution in [0.4, 0.5) is 0 Å². The van der Waals surface area contributed by atoms with E-state index < -0.39 is 0 Å². The molecule has 0 bridgehead atoms. The Balaban J connectivity index is 1.47. The van der Waals surface area contributed by atoms with Crippen LogP contribution in [0.1, 0.15) is 25.7 Å². The molecule has 2 amide bonds. The fraction of sp³-hybridized carbons (Fsp3) is 0.800. The predicted octanol–water partition coefficient (Wildman–Crippen LogP) is -0.618. The number of hydrogen-bond acceptors (Lipinski definition) is 5. The van der Waals surface area contributed by atoms with Crippen LogP contribution in [0.25, 0.3) is 0 Å². The van der Waals surface area contributed by atoms with E-state index in [0.717, 1.165) is 45.0 Å². The van der Waals surface area contributed by atoms with Gasteiger partial charge in [0.15, 0.2) is 5.96 Å². The van der Waals surface area contributed by atoms with Crippen molar-refractivity contribution in [2.75, 3.05) is 39.3 Å². The number of aliphatic imine (C=N–C) groups is 1. The molecule has 0 unspecified atom stereocenters. The summed E-state index contributed by atoms with van der Waals surface area (Å²) in [6, 6.07) is 0. The molecule has 3 N–H and O–H groups in total. The van der Waals surface area contributed by atoms with Gasteiger partial charge in [-0.2, -0.15) is 0 Å². The van der Waals surface area contributed by atoms with E-state index in [9.17, 15) is 9.59 Å². The zero-order valence-electron chi connectivity index (χ0n) is 13.0. The van der Waals surface area contributed by atoms with Crippen molar-refractivity contribution >= 4 is 17.8 Å². The van der Waals surface area contributed by atoms with Gasteiger partial charge in [-0.25, -0.2) is 0 Å². The van der Waals surface area contributed by atoms with Crippen molar-refractivity contribution in [3.63, 3.8) is 0 Å². The van der Waals surface area contributed by atoms with Gasteiger partial charge >= 0.3 is 0 Å². The molecule has 0 atom stereocenters. The highest BCUT2D eigenvalue weighted by Gasteiger charge is 2.32. The summed E-state index contributed by atoms with van der Waals surface area (Å²) in [5.41, 5.74) is 5.34. The first kappa shape index (κ1) is 15.1. The number of nitrogens with one attached hydrogen (secondary N) is 1. The highest BCUT2D eigenvalue weighted by atomic mass is 16.2. The Morgan fingerprint density at radius 1 is 1.05 bits per heavy atom. The molecule has 3 heterocycles. The minimum Gasteiger partial charge on any atom is -0.369 e. The van der Waals surface area contributed by atoms with Crippen molar-refractivity contribution in [1.29, 1.82) is 0 Å². The Morgan fingerprint density at radius 2 is 1.68 bits per heavy atom. The number of nitrogens with two attached hydrogens (primary N) is 1. The molecule has 0 aromatic rings. The summed E-state index contributed by atoms with van der Waals surface area (Å²) in [4.78, 5) is 32.4. The second-order valence-corrected chi connectivity index (χ2v) is 6.40. The van der Waals surface area contributed by atoms with Crippen molar-refractivity contribution in [2.45, 2.75) is 25.7 Å². The van der Waals surface area contributed by atoms with Crippen molar-refractivity contribution in [3.05, 3.63) is 0 Å². The quantitative estimate of drug-likeness (QED) is 0.711. The summed E-state index contributed by atoms with van der Waals surface area (Å²) < 4.78 is 0. The lowest BCUT2D eigenvalue weighted by atomic mass is 9.92. The Morgan fingerprint density at radius 3 is 2.23 bits per heavy atom. The van der Waals surface area contributed by atoms with Gasteiger partial charge in [0, 0.05) is 44.6 Å². The van der Waals surface area contributed by atoms with E-state index in [-0.39, 0.29) is 23.7 Å². The smallest absolute Gasteiger partial charge is 0.225 e. The monoisotopic (exact) mass is 307 g/mol. The van der Waals surface area contributed by atoms with Gasteiger partial charge in [-0.1, -0.05) is 0 Å². The van der Waals surface area contributed by atoms with Gasteiger partial charge in [0.05, 0.1) is 6.54 Å². The van der Waals surface area contributed by atoms with Crippen molar-refractivity contribution in [2.24, 2.45) is 22.6 Å². The number of carbonyl (C=O) groups excluding carboxylic acids is 2. The highest BCUT2D eigenvalue weighted by Crippen LogP contribution is 2.24. The molecule has 3 aliphatic heterocycles. The fourth-order valence-corrected chi connectivity index (χ4v) is 3.58. The summed E-state index contributed by atoms with van der Waals surface area (Å²) in [5, 5.41) is 3.29. The van der Waals surface area contributed by atoms with Crippen LogP contribution in [0.3, 0.4) is 0 Å². The second-order valence-electron chi connectivity index (χ2n) is 6.40. The van der Waals surface area contributed by atoms with Crippen molar-refractivity contribution in [1.82, 2.24) is 15.1 Å². The van der Waals surface area contributed by atoms with Crippen LogP contribution < -0.4 is 11.1 Å². The molecule has 7 nitrogen and oxygen atoms in total. The summed E-state index contributed by atoms with van der Waals surface area (Å²) in [7, 11) is 0. The van der Waals surface area contributed by atoms with Crippen LogP contribution in [0, 0.1) is 11.8 Å². The van der Waals surface area contributed by atoms with E-state index in [1.165, 1.54) is 0 Å². The average molecular weight is 307 g/mol. The van der Waals surface area contributed by atoms with E-state index in [4.69, 9.17) is 5.73 Å². The minimum absolute atomic E-state index is 0.0580. The van der Waals surface area contributed by atoms with Crippen LogP contribution in [-0.4, -0.2) is 66.8 Å². The Bertz CT molecular complexity index is 463. The number of hydrogen-bond donors (Lipinski definition) is 2. The molecule has 2 fully saturated rings. The van der Waals surface area contributed by atoms with Crippen LogP contribution in [0.5, 0.6) is 0 Å². The molecule has 0 aliphatic carbocycles. The van der Waals surface area contributed by atoms with Crippen LogP contribution >= 0.6 is 0 Å². The van der Waals surface area contributed by atoms with E-state index in [1.54, 1.807) is 0 Å². The number of likely N-dealkylation sites (tertiary alicyclic amines) is 2. The molecule has 3 rings (SSSR count). The molecule has 2 saturated heterocycles. The zero-order valence-corrected chi connectivity index (χ0v) is 13.0. The molecule has 0 saturated carbocycles. The third kappa shape index (κ3) is 3.18. The lowest BCUT2D eigenvalue weighted by Gasteiger charge is -2.37. The van der Waals surface area contributed by atoms with Crippen molar-refractivity contribution < 1.29 is 9.59 Å². The van der Waals surface area contributed by atoms with E-state index in [2.05, 4.69) is 15.2 Å². The average Bonchev–Trinajstić information content (AvgIpc) is 3.09. The third-order valence-electron chi connectivity index (χ3n) is 5.01. The van der Waals surface area contributed by atoms with Crippen LogP contribution in [0.2, 0.25) is 0 Å². The summed E-state index contributed by atoms with van der Waals surface area (Å²) in [6.07, 6.45) is 3.19. The molecule has 0 aromatic heterocycles. The first-order valence-electron chi connectivity index (χ1n) is 8.26. The highest BCUT2D eigenvalue weighted by molar-refractivity contribution is 5.83. The number of piperidine rings is 2. The lowest BCUT2D eigenvalue weighted by Crippen LogP contribution is -2.49.